The normalized spacial score (nSPS) is 18.1. The van der Waals surface area contributed by atoms with Crippen LogP contribution in [0.25, 0.3) is 0 Å². The van der Waals surface area contributed by atoms with Crippen molar-refractivity contribution in [3.63, 3.8) is 0 Å². The maximum Gasteiger partial charge on any atom is 0.332 e. The van der Waals surface area contributed by atoms with E-state index in [0.29, 0.717) is 12.5 Å². The predicted octanol–water partition coefficient (Wildman–Crippen LogP) is -0.452. The molecule has 1 atom stereocenters. The van der Waals surface area contributed by atoms with E-state index >= 15 is 0 Å². The summed E-state index contributed by atoms with van der Waals surface area (Å²) in [5, 5.41) is 22.6. The zero-order valence-electron chi connectivity index (χ0n) is 10.2. The maximum atomic E-state index is 11.4. The number of aliphatic hydroxyl groups is 1. The average Bonchev–Trinajstić information content (AvgIpc) is 2.37. The highest BCUT2D eigenvalue weighted by molar-refractivity contribution is 5.74. The minimum Gasteiger partial charge on any atom is -0.479 e. The lowest BCUT2D eigenvalue weighted by molar-refractivity contribution is -0.146. The van der Waals surface area contributed by atoms with Crippen LogP contribution in [0, 0.1) is 5.92 Å². The van der Waals surface area contributed by atoms with E-state index in [4.69, 9.17) is 14.9 Å². The molecule has 1 heterocycles. The van der Waals surface area contributed by atoms with Gasteiger partial charge in [-0.15, -0.1) is 0 Å². The second-order valence-corrected chi connectivity index (χ2v) is 4.34. The van der Waals surface area contributed by atoms with Crippen molar-refractivity contribution in [1.82, 2.24) is 10.6 Å². The molecule has 1 saturated heterocycles. The fourth-order valence-corrected chi connectivity index (χ4v) is 1.70. The van der Waals surface area contributed by atoms with Gasteiger partial charge in [-0.25, -0.2) is 9.59 Å². The van der Waals surface area contributed by atoms with Gasteiger partial charge in [-0.1, -0.05) is 0 Å². The number of carbonyl (C=O) groups excluding carboxylic acids is 1. The molecule has 104 valence electrons. The molecule has 0 spiro atoms. The van der Waals surface area contributed by atoms with Crippen LogP contribution in [-0.2, 0) is 9.53 Å². The SMILES string of the molecule is O=C(NCC[C@H](O)C(=O)O)NCC1CCOCC1. The minimum atomic E-state index is -1.43. The van der Waals surface area contributed by atoms with E-state index in [-0.39, 0.29) is 19.0 Å². The van der Waals surface area contributed by atoms with E-state index in [9.17, 15) is 9.59 Å². The summed E-state index contributed by atoms with van der Waals surface area (Å²) in [6.07, 6.45) is 0.455. The second kappa shape index (κ2) is 7.88. The third-order valence-electron chi connectivity index (χ3n) is 2.88. The van der Waals surface area contributed by atoms with Gasteiger partial charge in [0.15, 0.2) is 6.10 Å². The van der Waals surface area contributed by atoms with Crippen molar-refractivity contribution in [1.29, 1.82) is 0 Å². The van der Waals surface area contributed by atoms with Crippen molar-refractivity contribution in [3.8, 4) is 0 Å². The van der Waals surface area contributed by atoms with E-state index in [1.807, 2.05) is 0 Å². The van der Waals surface area contributed by atoms with Gasteiger partial charge in [0.1, 0.15) is 0 Å². The Morgan fingerprint density at radius 2 is 1.94 bits per heavy atom. The molecule has 18 heavy (non-hydrogen) atoms. The zero-order valence-corrected chi connectivity index (χ0v) is 10.2. The van der Waals surface area contributed by atoms with Crippen LogP contribution < -0.4 is 10.6 Å². The first kappa shape index (κ1) is 14.7. The van der Waals surface area contributed by atoms with Crippen molar-refractivity contribution in [2.75, 3.05) is 26.3 Å². The summed E-state index contributed by atoms with van der Waals surface area (Å²) >= 11 is 0. The van der Waals surface area contributed by atoms with Gasteiger partial charge in [-0.3, -0.25) is 0 Å². The number of carboxylic acid groups (broad SMARTS) is 1. The van der Waals surface area contributed by atoms with Gasteiger partial charge in [0.25, 0.3) is 0 Å². The Bertz CT molecular complexity index is 279. The zero-order chi connectivity index (χ0) is 13.4. The molecule has 1 fully saturated rings. The van der Waals surface area contributed by atoms with Crippen molar-refractivity contribution in [2.45, 2.75) is 25.4 Å². The number of carboxylic acids is 1. The second-order valence-electron chi connectivity index (χ2n) is 4.34. The number of hydrogen-bond donors (Lipinski definition) is 4. The van der Waals surface area contributed by atoms with Crippen LogP contribution in [0.5, 0.6) is 0 Å². The number of ether oxygens (including phenoxy) is 1. The topological polar surface area (TPSA) is 108 Å². The number of nitrogens with one attached hydrogen (secondary N) is 2. The van der Waals surface area contributed by atoms with Crippen LogP contribution in [0.1, 0.15) is 19.3 Å². The number of rotatable bonds is 6. The number of urea groups is 1. The van der Waals surface area contributed by atoms with Gasteiger partial charge in [-0.05, 0) is 18.8 Å². The Balaban J connectivity index is 2.04. The standard InChI is InChI=1S/C11H20N2O5/c14-9(10(15)16)1-4-12-11(17)13-7-8-2-5-18-6-3-8/h8-9,14H,1-7H2,(H,15,16)(H2,12,13,17)/t9-/m0/s1. The van der Waals surface area contributed by atoms with E-state index in [2.05, 4.69) is 10.6 Å². The first-order valence-electron chi connectivity index (χ1n) is 6.10. The van der Waals surface area contributed by atoms with E-state index < -0.39 is 12.1 Å². The summed E-state index contributed by atoms with van der Waals surface area (Å²) in [5.74, 6) is -0.839. The van der Waals surface area contributed by atoms with Gasteiger partial charge in [0, 0.05) is 32.7 Å². The molecule has 7 heteroatoms. The van der Waals surface area contributed by atoms with Crippen LogP contribution in [0.4, 0.5) is 4.79 Å². The Morgan fingerprint density at radius 1 is 1.28 bits per heavy atom. The number of amides is 2. The fraction of sp³-hybridized carbons (Fsp3) is 0.818. The predicted molar refractivity (Wildman–Crippen MR) is 63.2 cm³/mol. The molecule has 0 unspecified atom stereocenters. The van der Waals surface area contributed by atoms with Gasteiger partial charge < -0.3 is 25.6 Å². The molecule has 0 aromatic heterocycles. The summed E-state index contributed by atoms with van der Waals surface area (Å²) in [4.78, 5) is 21.7. The lowest BCUT2D eigenvalue weighted by atomic mass is 10.0. The van der Waals surface area contributed by atoms with Crippen LogP contribution in [0.2, 0.25) is 0 Å². The quantitative estimate of drug-likeness (QED) is 0.517. The first-order chi connectivity index (χ1) is 8.59. The molecule has 1 rings (SSSR count). The molecular formula is C11H20N2O5. The molecule has 2 amide bonds. The highest BCUT2D eigenvalue weighted by atomic mass is 16.5. The highest BCUT2D eigenvalue weighted by Crippen LogP contribution is 2.12. The largest absolute Gasteiger partial charge is 0.479 e. The number of carbonyl (C=O) groups is 2. The first-order valence-corrected chi connectivity index (χ1v) is 6.10. The van der Waals surface area contributed by atoms with Gasteiger partial charge in [0.2, 0.25) is 0 Å². The molecular weight excluding hydrogens is 240 g/mol. The molecule has 0 aromatic carbocycles. The minimum absolute atomic E-state index is 0.0000217. The molecule has 0 saturated carbocycles. The van der Waals surface area contributed by atoms with E-state index in [1.54, 1.807) is 0 Å². The Hall–Kier alpha value is -1.34. The van der Waals surface area contributed by atoms with Gasteiger partial charge in [-0.2, -0.15) is 0 Å². The van der Waals surface area contributed by atoms with Gasteiger partial charge >= 0.3 is 12.0 Å². The summed E-state index contributed by atoms with van der Waals surface area (Å²) < 4.78 is 5.21. The van der Waals surface area contributed by atoms with E-state index in [0.717, 1.165) is 26.1 Å². The molecule has 1 aliphatic heterocycles. The Morgan fingerprint density at radius 3 is 2.56 bits per heavy atom. The molecule has 0 bridgehead atoms. The smallest absolute Gasteiger partial charge is 0.332 e. The van der Waals surface area contributed by atoms with Crippen LogP contribution in [-0.4, -0.2) is 54.6 Å². The number of aliphatic carboxylic acids is 1. The summed E-state index contributed by atoms with van der Waals surface area (Å²) in [6, 6.07) is -0.334. The summed E-state index contributed by atoms with van der Waals surface area (Å²) in [6.45, 7) is 2.20. The lowest BCUT2D eigenvalue weighted by Gasteiger charge is -2.22. The average molecular weight is 260 g/mol. The Kier molecular flexibility index (Phi) is 6.45. The molecule has 1 aliphatic rings. The molecule has 0 aliphatic carbocycles. The lowest BCUT2D eigenvalue weighted by Crippen LogP contribution is -2.40. The van der Waals surface area contributed by atoms with Crippen LogP contribution >= 0.6 is 0 Å². The van der Waals surface area contributed by atoms with Crippen molar-refractivity contribution in [2.24, 2.45) is 5.92 Å². The van der Waals surface area contributed by atoms with Crippen LogP contribution in [0.15, 0.2) is 0 Å². The molecule has 4 N–H and O–H groups in total. The molecule has 0 aromatic rings. The number of hydrogen-bond acceptors (Lipinski definition) is 4. The number of aliphatic hydroxyl groups excluding tert-OH is 1. The summed E-state index contributed by atoms with van der Waals surface area (Å²) in [5.41, 5.74) is 0. The fourth-order valence-electron chi connectivity index (χ4n) is 1.70. The third-order valence-corrected chi connectivity index (χ3v) is 2.88. The highest BCUT2D eigenvalue weighted by Gasteiger charge is 2.15. The van der Waals surface area contributed by atoms with Crippen LogP contribution in [0.3, 0.4) is 0 Å². The van der Waals surface area contributed by atoms with Crippen molar-refractivity contribution in [3.05, 3.63) is 0 Å². The third kappa shape index (κ3) is 5.83. The van der Waals surface area contributed by atoms with Crippen molar-refractivity contribution >= 4 is 12.0 Å². The maximum absolute atomic E-state index is 11.4. The Labute approximate surface area is 106 Å². The van der Waals surface area contributed by atoms with Crippen molar-refractivity contribution < 1.29 is 24.5 Å². The molecule has 7 nitrogen and oxygen atoms in total. The molecule has 0 radical (unpaired) electrons. The van der Waals surface area contributed by atoms with E-state index in [1.165, 1.54) is 0 Å². The van der Waals surface area contributed by atoms with Gasteiger partial charge in [0.05, 0.1) is 0 Å². The summed E-state index contributed by atoms with van der Waals surface area (Å²) in [7, 11) is 0. The monoisotopic (exact) mass is 260 g/mol.